The van der Waals surface area contributed by atoms with Gasteiger partial charge in [-0.25, -0.2) is 0 Å². The van der Waals surface area contributed by atoms with Crippen LogP contribution in [0.1, 0.15) is 24.5 Å². The molecule has 1 fully saturated rings. The summed E-state index contributed by atoms with van der Waals surface area (Å²) in [5.41, 5.74) is 8.58. The molecule has 1 aliphatic heterocycles. The van der Waals surface area contributed by atoms with Crippen molar-refractivity contribution >= 4 is 0 Å². The molecule has 2 unspecified atom stereocenters. The minimum atomic E-state index is 0.292. The van der Waals surface area contributed by atoms with Crippen LogP contribution < -0.4 is 15.2 Å². The Labute approximate surface area is 115 Å². The van der Waals surface area contributed by atoms with Crippen molar-refractivity contribution in [3.05, 3.63) is 23.3 Å². The fourth-order valence-corrected chi connectivity index (χ4v) is 2.67. The molecule has 1 aromatic carbocycles. The summed E-state index contributed by atoms with van der Waals surface area (Å²) in [6.07, 6.45) is 1.08. The van der Waals surface area contributed by atoms with Crippen molar-refractivity contribution < 1.29 is 9.47 Å². The first-order chi connectivity index (χ1) is 9.06. The number of benzene rings is 1. The maximum absolute atomic E-state index is 6.08. The quantitative estimate of drug-likeness (QED) is 0.903. The average Bonchev–Trinajstić information content (AvgIpc) is 2.72. The second-order valence-corrected chi connectivity index (χ2v) is 5.30. The van der Waals surface area contributed by atoms with Gasteiger partial charge in [0.1, 0.15) is 0 Å². The number of ether oxygens (including phenoxy) is 2. The molecule has 0 bridgehead atoms. The highest BCUT2D eigenvalue weighted by molar-refractivity contribution is 5.47. The zero-order valence-electron chi connectivity index (χ0n) is 12.3. The van der Waals surface area contributed by atoms with Gasteiger partial charge in [0.15, 0.2) is 11.5 Å². The summed E-state index contributed by atoms with van der Waals surface area (Å²) in [5.74, 6) is 1.58. The zero-order chi connectivity index (χ0) is 14.0. The van der Waals surface area contributed by atoms with Crippen molar-refractivity contribution in [2.24, 2.45) is 5.73 Å². The van der Waals surface area contributed by atoms with Crippen LogP contribution in [0, 0.1) is 6.92 Å². The van der Waals surface area contributed by atoms with E-state index in [0.717, 1.165) is 31.0 Å². The van der Waals surface area contributed by atoms with Gasteiger partial charge in [0.25, 0.3) is 0 Å². The van der Waals surface area contributed by atoms with Crippen LogP contribution in [0.5, 0.6) is 11.5 Å². The van der Waals surface area contributed by atoms with E-state index in [1.54, 1.807) is 14.2 Å². The third-order valence-electron chi connectivity index (χ3n) is 4.16. The van der Waals surface area contributed by atoms with E-state index in [1.807, 2.05) is 6.07 Å². The molecule has 0 saturated carbocycles. The first kappa shape index (κ1) is 14.2. The van der Waals surface area contributed by atoms with Gasteiger partial charge in [0.2, 0.25) is 0 Å². The predicted molar refractivity (Wildman–Crippen MR) is 76.7 cm³/mol. The van der Waals surface area contributed by atoms with Gasteiger partial charge in [-0.05, 0) is 43.5 Å². The van der Waals surface area contributed by atoms with Crippen molar-refractivity contribution in [1.29, 1.82) is 0 Å². The van der Waals surface area contributed by atoms with Gasteiger partial charge in [-0.1, -0.05) is 0 Å². The molecule has 2 atom stereocenters. The van der Waals surface area contributed by atoms with Crippen molar-refractivity contribution in [2.45, 2.75) is 38.9 Å². The molecule has 106 valence electrons. The van der Waals surface area contributed by atoms with Gasteiger partial charge in [-0.15, -0.1) is 0 Å². The molecular formula is C15H24N2O2. The summed E-state index contributed by atoms with van der Waals surface area (Å²) in [4.78, 5) is 2.43. The minimum absolute atomic E-state index is 0.292. The zero-order valence-corrected chi connectivity index (χ0v) is 12.3. The van der Waals surface area contributed by atoms with E-state index < -0.39 is 0 Å². The molecule has 4 heteroatoms. The summed E-state index contributed by atoms with van der Waals surface area (Å²) in [6.45, 7) is 6.29. The van der Waals surface area contributed by atoms with Crippen LogP contribution in [-0.2, 0) is 6.54 Å². The van der Waals surface area contributed by atoms with Crippen LogP contribution in [0.4, 0.5) is 0 Å². The standard InChI is InChI=1S/C15H24N2O2/c1-10-7-14(18-3)15(19-4)8-12(10)9-17-6-5-13(16)11(17)2/h7-8,11,13H,5-6,9,16H2,1-4H3. The molecule has 1 heterocycles. The van der Waals surface area contributed by atoms with Crippen LogP contribution in [0.2, 0.25) is 0 Å². The topological polar surface area (TPSA) is 47.7 Å². The van der Waals surface area contributed by atoms with Crippen molar-refractivity contribution in [3.8, 4) is 11.5 Å². The molecule has 1 aromatic rings. The van der Waals surface area contributed by atoms with Crippen molar-refractivity contribution in [1.82, 2.24) is 4.90 Å². The molecule has 0 aromatic heterocycles. The SMILES string of the molecule is COc1cc(C)c(CN2CCC(N)C2C)cc1OC. The Balaban J connectivity index is 2.21. The molecule has 0 amide bonds. The van der Waals surface area contributed by atoms with E-state index in [0.29, 0.717) is 12.1 Å². The Morgan fingerprint density at radius 3 is 2.42 bits per heavy atom. The normalized spacial score (nSPS) is 23.6. The summed E-state index contributed by atoms with van der Waals surface area (Å²) in [6, 6.07) is 4.84. The van der Waals surface area contributed by atoms with Gasteiger partial charge in [-0.2, -0.15) is 0 Å². The summed E-state index contributed by atoms with van der Waals surface area (Å²) in [5, 5.41) is 0. The number of hydrogen-bond acceptors (Lipinski definition) is 4. The largest absolute Gasteiger partial charge is 0.493 e. The minimum Gasteiger partial charge on any atom is -0.493 e. The average molecular weight is 264 g/mol. The Kier molecular flexibility index (Phi) is 4.32. The van der Waals surface area contributed by atoms with E-state index in [-0.39, 0.29) is 0 Å². The summed E-state index contributed by atoms with van der Waals surface area (Å²) in [7, 11) is 3.34. The highest BCUT2D eigenvalue weighted by Gasteiger charge is 2.28. The third-order valence-corrected chi connectivity index (χ3v) is 4.16. The van der Waals surface area contributed by atoms with Gasteiger partial charge in [0.05, 0.1) is 14.2 Å². The number of aryl methyl sites for hydroxylation is 1. The molecule has 2 N–H and O–H groups in total. The lowest BCUT2D eigenvalue weighted by atomic mass is 10.1. The Morgan fingerprint density at radius 1 is 1.26 bits per heavy atom. The molecule has 1 aliphatic rings. The third kappa shape index (κ3) is 2.85. The maximum atomic E-state index is 6.08. The molecule has 2 rings (SSSR count). The van der Waals surface area contributed by atoms with Gasteiger partial charge >= 0.3 is 0 Å². The monoisotopic (exact) mass is 264 g/mol. The van der Waals surface area contributed by atoms with Crippen LogP contribution in [0.15, 0.2) is 12.1 Å². The van der Waals surface area contributed by atoms with Crippen molar-refractivity contribution in [3.63, 3.8) is 0 Å². The molecule has 1 saturated heterocycles. The second-order valence-electron chi connectivity index (χ2n) is 5.30. The highest BCUT2D eigenvalue weighted by Crippen LogP contribution is 2.31. The Bertz CT molecular complexity index is 448. The van der Waals surface area contributed by atoms with Crippen LogP contribution in [0.25, 0.3) is 0 Å². The van der Waals surface area contributed by atoms with E-state index in [9.17, 15) is 0 Å². The van der Waals surface area contributed by atoms with E-state index in [1.165, 1.54) is 11.1 Å². The maximum Gasteiger partial charge on any atom is 0.161 e. The highest BCUT2D eigenvalue weighted by atomic mass is 16.5. The molecular weight excluding hydrogens is 240 g/mol. The van der Waals surface area contributed by atoms with E-state index in [4.69, 9.17) is 15.2 Å². The lowest BCUT2D eigenvalue weighted by Crippen LogP contribution is -2.36. The van der Waals surface area contributed by atoms with Crippen LogP contribution >= 0.6 is 0 Å². The number of nitrogens with two attached hydrogens (primary N) is 1. The lowest BCUT2D eigenvalue weighted by molar-refractivity contribution is 0.250. The number of nitrogens with zero attached hydrogens (tertiary/aromatic N) is 1. The Hall–Kier alpha value is -1.26. The van der Waals surface area contributed by atoms with Crippen LogP contribution in [-0.4, -0.2) is 37.7 Å². The molecule has 0 aliphatic carbocycles. The molecule has 0 spiro atoms. The van der Waals surface area contributed by atoms with Crippen LogP contribution in [0.3, 0.4) is 0 Å². The fraction of sp³-hybridized carbons (Fsp3) is 0.600. The first-order valence-corrected chi connectivity index (χ1v) is 6.78. The fourth-order valence-electron chi connectivity index (χ4n) is 2.67. The number of rotatable bonds is 4. The van der Waals surface area contributed by atoms with Crippen molar-refractivity contribution in [2.75, 3.05) is 20.8 Å². The summed E-state index contributed by atoms with van der Waals surface area (Å²) >= 11 is 0. The number of hydrogen-bond donors (Lipinski definition) is 1. The predicted octanol–water partition coefficient (Wildman–Crippen LogP) is 1.93. The van der Waals surface area contributed by atoms with Gasteiger partial charge in [-0.3, -0.25) is 4.90 Å². The Morgan fingerprint density at radius 2 is 1.89 bits per heavy atom. The van der Waals surface area contributed by atoms with Gasteiger partial charge < -0.3 is 15.2 Å². The molecule has 4 nitrogen and oxygen atoms in total. The molecule has 19 heavy (non-hydrogen) atoms. The number of likely N-dealkylation sites (tertiary alicyclic amines) is 1. The van der Waals surface area contributed by atoms with Gasteiger partial charge in [0, 0.05) is 25.2 Å². The smallest absolute Gasteiger partial charge is 0.161 e. The van der Waals surface area contributed by atoms with E-state index >= 15 is 0 Å². The lowest BCUT2D eigenvalue weighted by Gasteiger charge is -2.24. The number of methoxy groups -OCH3 is 2. The molecule has 0 radical (unpaired) electrons. The summed E-state index contributed by atoms with van der Waals surface area (Å²) < 4.78 is 10.7. The van der Waals surface area contributed by atoms with E-state index in [2.05, 4.69) is 24.8 Å². The second kappa shape index (κ2) is 5.80. The first-order valence-electron chi connectivity index (χ1n) is 6.78.